The van der Waals surface area contributed by atoms with E-state index in [1.165, 1.54) is 25.3 Å². The van der Waals surface area contributed by atoms with Gasteiger partial charge in [-0.1, -0.05) is 12.5 Å². The van der Waals surface area contributed by atoms with Crippen molar-refractivity contribution in [2.75, 3.05) is 6.61 Å². The van der Waals surface area contributed by atoms with Gasteiger partial charge in [-0.15, -0.1) is 0 Å². The highest BCUT2D eigenvalue weighted by molar-refractivity contribution is 5.34. The molecule has 0 bridgehead atoms. The van der Waals surface area contributed by atoms with Crippen LogP contribution in [0, 0.1) is 11.7 Å². The van der Waals surface area contributed by atoms with Gasteiger partial charge in [-0.2, -0.15) is 0 Å². The molecule has 0 saturated heterocycles. The number of nitrogens with one attached hydrogen (secondary N) is 1. The molecule has 1 fully saturated rings. The highest BCUT2D eigenvalue weighted by atomic mass is 19.1. The number of hydrogen-bond donors (Lipinski definition) is 1. The molecule has 0 radical (unpaired) electrons. The summed E-state index contributed by atoms with van der Waals surface area (Å²) in [5.41, 5.74) is 0.602. The SMILES string of the molecule is CC(C)(C)NCc1c(F)cccc1OCC1CCC1. The molecule has 0 aliphatic heterocycles. The van der Waals surface area contributed by atoms with Crippen molar-refractivity contribution in [1.82, 2.24) is 5.32 Å². The first-order valence-electron chi connectivity index (χ1n) is 7.11. The van der Waals surface area contributed by atoms with Crippen LogP contribution in [0.3, 0.4) is 0 Å². The molecule has 1 saturated carbocycles. The minimum atomic E-state index is -0.192. The van der Waals surface area contributed by atoms with Crippen molar-refractivity contribution in [2.45, 2.75) is 52.1 Å². The molecule has 1 aliphatic carbocycles. The van der Waals surface area contributed by atoms with Gasteiger partial charge in [-0.3, -0.25) is 0 Å². The zero-order valence-electron chi connectivity index (χ0n) is 12.1. The average Bonchev–Trinajstić information content (AvgIpc) is 2.24. The zero-order valence-corrected chi connectivity index (χ0v) is 12.1. The molecule has 2 rings (SSSR count). The van der Waals surface area contributed by atoms with Crippen LogP contribution in [0.4, 0.5) is 4.39 Å². The first-order chi connectivity index (χ1) is 8.96. The van der Waals surface area contributed by atoms with Gasteiger partial charge in [0.15, 0.2) is 0 Å². The Morgan fingerprint density at radius 1 is 1.32 bits per heavy atom. The lowest BCUT2D eigenvalue weighted by molar-refractivity contribution is 0.178. The van der Waals surface area contributed by atoms with Crippen molar-refractivity contribution in [3.63, 3.8) is 0 Å². The summed E-state index contributed by atoms with van der Waals surface area (Å²) < 4.78 is 19.7. The quantitative estimate of drug-likeness (QED) is 0.872. The van der Waals surface area contributed by atoms with Crippen LogP contribution in [0.15, 0.2) is 18.2 Å². The van der Waals surface area contributed by atoms with Crippen LogP contribution < -0.4 is 10.1 Å². The van der Waals surface area contributed by atoms with Gasteiger partial charge in [-0.25, -0.2) is 4.39 Å². The Morgan fingerprint density at radius 3 is 2.63 bits per heavy atom. The third-order valence-corrected chi connectivity index (χ3v) is 3.57. The van der Waals surface area contributed by atoms with Gasteiger partial charge in [0.25, 0.3) is 0 Å². The van der Waals surface area contributed by atoms with Gasteiger partial charge < -0.3 is 10.1 Å². The summed E-state index contributed by atoms with van der Waals surface area (Å²) >= 11 is 0. The topological polar surface area (TPSA) is 21.3 Å². The van der Waals surface area contributed by atoms with Gasteiger partial charge in [-0.05, 0) is 51.7 Å². The normalized spacial score (nSPS) is 16.2. The third-order valence-electron chi connectivity index (χ3n) is 3.57. The average molecular weight is 265 g/mol. The Morgan fingerprint density at radius 2 is 2.05 bits per heavy atom. The van der Waals surface area contributed by atoms with E-state index in [-0.39, 0.29) is 11.4 Å². The molecule has 0 heterocycles. The Balaban J connectivity index is 2.01. The first kappa shape index (κ1) is 14.3. The van der Waals surface area contributed by atoms with E-state index in [0.29, 0.717) is 30.4 Å². The zero-order chi connectivity index (χ0) is 13.9. The molecule has 0 atom stereocenters. The summed E-state index contributed by atoms with van der Waals surface area (Å²) in [7, 11) is 0. The van der Waals surface area contributed by atoms with Crippen LogP contribution in [0.2, 0.25) is 0 Å². The van der Waals surface area contributed by atoms with Crippen molar-refractivity contribution in [2.24, 2.45) is 5.92 Å². The summed E-state index contributed by atoms with van der Waals surface area (Å²) in [5.74, 6) is 1.15. The Kier molecular flexibility index (Phi) is 4.46. The number of ether oxygens (including phenoxy) is 1. The van der Waals surface area contributed by atoms with Crippen LogP contribution in [0.5, 0.6) is 5.75 Å². The molecule has 2 nitrogen and oxygen atoms in total. The molecule has 19 heavy (non-hydrogen) atoms. The third kappa shape index (κ3) is 4.20. The van der Waals surface area contributed by atoms with Crippen LogP contribution >= 0.6 is 0 Å². The molecule has 0 spiro atoms. The fraction of sp³-hybridized carbons (Fsp3) is 0.625. The molecule has 106 valence electrons. The molecule has 1 aromatic carbocycles. The molecule has 0 unspecified atom stereocenters. The molecule has 0 amide bonds. The van der Waals surface area contributed by atoms with E-state index < -0.39 is 0 Å². The maximum Gasteiger partial charge on any atom is 0.131 e. The van der Waals surface area contributed by atoms with Crippen molar-refractivity contribution in [3.05, 3.63) is 29.6 Å². The highest BCUT2D eigenvalue weighted by Crippen LogP contribution is 2.29. The number of rotatable bonds is 5. The van der Waals surface area contributed by atoms with Crippen LogP contribution in [-0.4, -0.2) is 12.1 Å². The summed E-state index contributed by atoms with van der Waals surface area (Å²) in [6.45, 7) is 7.43. The molecular weight excluding hydrogens is 241 g/mol. The minimum absolute atomic E-state index is 0.0342. The highest BCUT2D eigenvalue weighted by Gasteiger charge is 2.19. The lowest BCUT2D eigenvalue weighted by atomic mass is 9.86. The van der Waals surface area contributed by atoms with E-state index in [2.05, 4.69) is 26.1 Å². The second kappa shape index (κ2) is 5.91. The lowest BCUT2D eigenvalue weighted by Crippen LogP contribution is -2.35. The van der Waals surface area contributed by atoms with E-state index in [1.807, 2.05) is 6.07 Å². The fourth-order valence-electron chi connectivity index (χ4n) is 2.07. The maximum absolute atomic E-state index is 13.9. The van der Waals surface area contributed by atoms with Gasteiger partial charge in [0, 0.05) is 17.6 Å². The summed E-state index contributed by atoms with van der Waals surface area (Å²) in [6, 6.07) is 5.07. The number of halogens is 1. The van der Waals surface area contributed by atoms with Gasteiger partial charge >= 0.3 is 0 Å². The lowest BCUT2D eigenvalue weighted by Gasteiger charge is -2.26. The Labute approximate surface area is 115 Å². The summed E-state index contributed by atoms with van der Waals surface area (Å²) in [6.07, 6.45) is 3.78. The maximum atomic E-state index is 13.9. The number of benzene rings is 1. The molecule has 1 aromatic rings. The standard InChI is InChI=1S/C16H24FNO/c1-16(2,3)18-10-13-14(17)8-5-9-15(13)19-11-12-6-4-7-12/h5,8-9,12,18H,4,6-7,10-11H2,1-3H3. The van der Waals surface area contributed by atoms with Gasteiger partial charge in [0.1, 0.15) is 11.6 Å². The number of hydrogen-bond acceptors (Lipinski definition) is 2. The minimum Gasteiger partial charge on any atom is -0.493 e. The first-order valence-corrected chi connectivity index (χ1v) is 7.11. The van der Waals surface area contributed by atoms with E-state index >= 15 is 0 Å². The summed E-state index contributed by atoms with van der Waals surface area (Å²) in [5, 5.41) is 3.31. The molecule has 1 N–H and O–H groups in total. The van der Waals surface area contributed by atoms with Crippen molar-refractivity contribution < 1.29 is 9.13 Å². The summed E-state index contributed by atoms with van der Waals surface area (Å²) in [4.78, 5) is 0. The Hall–Kier alpha value is -1.09. The predicted octanol–water partition coefficient (Wildman–Crippen LogP) is 3.89. The van der Waals surface area contributed by atoms with E-state index in [0.717, 1.165) is 0 Å². The second-order valence-corrected chi connectivity index (χ2v) is 6.43. The molecule has 0 aromatic heterocycles. The van der Waals surface area contributed by atoms with Gasteiger partial charge in [0.05, 0.1) is 6.61 Å². The van der Waals surface area contributed by atoms with Crippen molar-refractivity contribution in [3.8, 4) is 5.75 Å². The molecule has 3 heteroatoms. The van der Waals surface area contributed by atoms with Crippen molar-refractivity contribution >= 4 is 0 Å². The molecule has 1 aliphatic rings. The second-order valence-electron chi connectivity index (χ2n) is 6.43. The van der Waals surface area contributed by atoms with Gasteiger partial charge in [0.2, 0.25) is 0 Å². The smallest absolute Gasteiger partial charge is 0.131 e. The van der Waals surface area contributed by atoms with E-state index in [4.69, 9.17) is 4.74 Å². The van der Waals surface area contributed by atoms with Crippen LogP contribution in [-0.2, 0) is 6.54 Å². The van der Waals surface area contributed by atoms with Crippen LogP contribution in [0.1, 0.15) is 45.6 Å². The van der Waals surface area contributed by atoms with Crippen molar-refractivity contribution in [1.29, 1.82) is 0 Å². The Bertz CT molecular complexity index is 421. The fourth-order valence-corrected chi connectivity index (χ4v) is 2.07. The van der Waals surface area contributed by atoms with Crippen LogP contribution in [0.25, 0.3) is 0 Å². The monoisotopic (exact) mass is 265 g/mol. The van der Waals surface area contributed by atoms with E-state index in [9.17, 15) is 4.39 Å². The largest absolute Gasteiger partial charge is 0.493 e. The predicted molar refractivity (Wildman–Crippen MR) is 75.8 cm³/mol. The van der Waals surface area contributed by atoms with E-state index in [1.54, 1.807) is 6.07 Å². The molecular formula is C16H24FNO.